The summed E-state index contributed by atoms with van der Waals surface area (Å²) in [4.78, 5) is 38.1. The molecule has 0 aliphatic heterocycles. The van der Waals surface area contributed by atoms with Crippen LogP contribution in [0, 0.1) is 0 Å². The summed E-state index contributed by atoms with van der Waals surface area (Å²) in [7, 11) is 0. The van der Waals surface area contributed by atoms with Crippen LogP contribution >= 0.6 is 0 Å². The van der Waals surface area contributed by atoms with E-state index in [2.05, 4.69) is 69.4 Å². The average Bonchev–Trinajstić information content (AvgIpc) is 3.31. The number of esters is 3. The van der Waals surface area contributed by atoms with Crippen LogP contribution in [-0.2, 0) is 28.6 Å². The minimum absolute atomic E-state index is 0.0804. The Morgan fingerprint density at radius 3 is 0.924 bits per heavy atom. The van der Waals surface area contributed by atoms with E-state index in [0.717, 1.165) is 83.5 Å². The van der Waals surface area contributed by atoms with E-state index in [4.69, 9.17) is 14.2 Å². The summed E-state index contributed by atoms with van der Waals surface area (Å²) < 4.78 is 16.8. The summed E-state index contributed by atoms with van der Waals surface area (Å²) in [5.41, 5.74) is 0. The first-order valence-electron chi connectivity index (χ1n) is 28.6. The van der Waals surface area contributed by atoms with Crippen LogP contribution in [0.3, 0.4) is 0 Å². The highest BCUT2D eigenvalue weighted by molar-refractivity contribution is 5.71. The Balaban J connectivity index is 4.34. The van der Waals surface area contributed by atoms with E-state index in [9.17, 15) is 14.4 Å². The number of ether oxygens (including phenoxy) is 3. The molecule has 0 bridgehead atoms. The maximum Gasteiger partial charge on any atom is 0.306 e. The molecule has 6 heteroatoms. The molecular formula is C60H108O6. The summed E-state index contributed by atoms with van der Waals surface area (Å²) >= 11 is 0. The molecule has 0 aromatic heterocycles. The summed E-state index contributed by atoms with van der Waals surface area (Å²) in [5.74, 6) is -0.892. The molecule has 1 unspecified atom stereocenters. The molecule has 0 aliphatic carbocycles. The highest BCUT2D eigenvalue weighted by atomic mass is 16.6. The molecule has 0 N–H and O–H groups in total. The lowest BCUT2D eigenvalue weighted by Gasteiger charge is -2.18. The van der Waals surface area contributed by atoms with Gasteiger partial charge in [0, 0.05) is 19.3 Å². The molecule has 0 rings (SSSR count). The van der Waals surface area contributed by atoms with E-state index in [1.54, 1.807) is 0 Å². The largest absolute Gasteiger partial charge is 0.462 e. The van der Waals surface area contributed by atoms with Crippen LogP contribution in [0.2, 0.25) is 0 Å². The molecule has 0 aromatic rings. The molecule has 0 fully saturated rings. The van der Waals surface area contributed by atoms with Crippen LogP contribution in [0.15, 0.2) is 48.6 Å². The van der Waals surface area contributed by atoms with Crippen LogP contribution in [0.25, 0.3) is 0 Å². The summed E-state index contributed by atoms with van der Waals surface area (Å²) in [6.45, 7) is 6.53. The van der Waals surface area contributed by atoms with Gasteiger partial charge in [0.1, 0.15) is 13.2 Å². The molecule has 384 valence electrons. The first-order valence-corrected chi connectivity index (χ1v) is 28.6. The van der Waals surface area contributed by atoms with Gasteiger partial charge in [-0.2, -0.15) is 0 Å². The van der Waals surface area contributed by atoms with Crippen molar-refractivity contribution in [2.24, 2.45) is 0 Å². The third kappa shape index (κ3) is 52.3. The Labute approximate surface area is 409 Å². The number of unbranched alkanes of at least 4 members (excludes halogenated alkanes) is 33. The summed E-state index contributed by atoms with van der Waals surface area (Å²) in [6, 6.07) is 0. The van der Waals surface area contributed by atoms with Crippen LogP contribution in [0.1, 0.15) is 297 Å². The predicted octanol–water partition coefficient (Wildman–Crippen LogP) is 19.0. The molecule has 0 spiro atoms. The van der Waals surface area contributed by atoms with Gasteiger partial charge in [0.2, 0.25) is 0 Å². The second-order valence-electron chi connectivity index (χ2n) is 19.2. The van der Waals surface area contributed by atoms with Crippen LogP contribution < -0.4 is 0 Å². The maximum atomic E-state index is 12.8. The third-order valence-corrected chi connectivity index (χ3v) is 12.5. The van der Waals surface area contributed by atoms with Crippen molar-refractivity contribution in [3.8, 4) is 0 Å². The van der Waals surface area contributed by atoms with Crippen LogP contribution in [0.5, 0.6) is 0 Å². The zero-order valence-electron chi connectivity index (χ0n) is 44.0. The molecule has 0 saturated carbocycles. The van der Waals surface area contributed by atoms with Crippen LogP contribution in [0.4, 0.5) is 0 Å². The second kappa shape index (κ2) is 55.0. The van der Waals surface area contributed by atoms with E-state index < -0.39 is 6.10 Å². The normalized spacial score (nSPS) is 12.3. The number of carbonyl (C=O) groups is 3. The van der Waals surface area contributed by atoms with Gasteiger partial charge < -0.3 is 14.2 Å². The molecule has 66 heavy (non-hydrogen) atoms. The van der Waals surface area contributed by atoms with Crippen molar-refractivity contribution in [3.05, 3.63) is 48.6 Å². The fraction of sp³-hybridized carbons (Fsp3) is 0.817. The highest BCUT2D eigenvalue weighted by Gasteiger charge is 2.19. The van der Waals surface area contributed by atoms with E-state index in [1.807, 2.05) is 0 Å². The zero-order chi connectivity index (χ0) is 47.9. The SMILES string of the molecule is CC/C=C\C/C=C\CCCCCCCC(=O)OCC(COC(=O)CCCCCCCCC/C=C\CCCCCCCCCC)OC(=O)CCCCCCCCC/C=C\CCCCCCCC. The van der Waals surface area contributed by atoms with Crippen molar-refractivity contribution in [2.75, 3.05) is 13.2 Å². The van der Waals surface area contributed by atoms with Gasteiger partial charge in [-0.1, -0.05) is 230 Å². The van der Waals surface area contributed by atoms with E-state index in [-0.39, 0.29) is 31.1 Å². The number of hydrogen-bond acceptors (Lipinski definition) is 6. The van der Waals surface area contributed by atoms with Gasteiger partial charge in [-0.3, -0.25) is 14.4 Å². The molecule has 6 nitrogen and oxygen atoms in total. The monoisotopic (exact) mass is 925 g/mol. The molecule has 0 saturated heterocycles. The lowest BCUT2D eigenvalue weighted by molar-refractivity contribution is -0.167. The highest BCUT2D eigenvalue weighted by Crippen LogP contribution is 2.15. The van der Waals surface area contributed by atoms with Gasteiger partial charge in [-0.15, -0.1) is 0 Å². The van der Waals surface area contributed by atoms with Crippen LogP contribution in [-0.4, -0.2) is 37.2 Å². The Kier molecular flexibility index (Phi) is 52.8. The number of rotatable bonds is 52. The predicted molar refractivity (Wildman–Crippen MR) is 284 cm³/mol. The maximum absolute atomic E-state index is 12.8. The van der Waals surface area contributed by atoms with E-state index in [0.29, 0.717) is 19.3 Å². The van der Waals surface area contributed by atoms with Gasteiger partial charge in [-0.25, -0.2) is 0 Å². The number of hydrogen-bond donors (Lipinski definition) is 0. The van der Waals surface area contributed by atoms with Crippen molar-refractivity contribution in [3.63, 3.8) is 0 Å². The minimum Gasteiger partial charge on any atom is -0.462 e. The molecular weight excluding hydrogens is 817 g/mol. The summed E-state index contributed by atoms with van der Waals surface area (Å²) in [6.07, 6.45) is 66.8. The Morgan fingerprint density at radius 2 is 0.591 bits per heavy atom. The molecule has 0 aromatic carbocycles. The van der Waals surface area contributed by atoms with Gasteiger partial charge in [-0.05, 0) is 96.3 Å². The standard InChI is InChI=1S/C60H108O6/c1-4-7-10-13-16-19-22-25-27-29-30-32-33-35-38-41-44-47-50-53-59(62)65-56-57(55-64-58(61)52-49-46-43-40-37-24-21-18-15-12-9-6-3)66-60(63)54-51-48-45-42-39-36-34-31-28-26-23-20-17-14-11-8-5-2/h9,12,18,21,26,28-30,57H,4-8,10-11,13-17,19-20,22-25,27,31-56H2,1-3H3/b12-9-,21-18-,28-26-,30-29-. The number of carbonyl (C=O) groups excluding carboxylic acids is 3. The Hall–Kier alpha value is -2.63. The van der Waals surface area contributed by atoms with Gasteiger partial charge in [0.15, 0.2) is 6.10 Å². The number of allylic oxidation sites excluding steroid dienone is 8. The van der Waals surface area contributed by atoms with E-state index >= 15 is 0 Å². The Bertz CT molecular complexity index is 1150. The Morgan fingerprint density at radius 1 is 0.318 bits per heavy atom. The molecule has 0 aliphatic rings. The third-order valence-electron chi connectivity index (χ3n) is 12.5. The molecule has 0 radical (unpaired) electrons. The van der Waals surface area contributed by atoms with Gasteiger partial charge in [0.05, 0.1) is 0 Å². The average molecular weight is 926 g/mol. The van der Waals surface area contributed by atoms with Gasteiger partial charge >= 0.3 is 17.9 Å². The van der Waals surface area contributed by atoms with Gasteiger partial charge in [0.25, 0.3) is 0 Å². The van der Waals surface area contributed by atoms with Crippen molar-refractivity contribution in [1.29, 1.82) is 0 Å². The van der Waals surface area contributed by atoms with Crippen molar-refractivity contribution in [2.45, 2.75) is 303 Å². The molecule has 0 heterocycles. The van der Waals surface area contributed by atoms with Crippen molar-refractivity contribution >= 4 is 17.9 Å². The summed E-state index contributed by atoms with van der Waals surface area (Å²) in [5, 5.41) is 0. The first-order chi connectivity index (χ1) is 32.5. The first kappa shape index (κ1) is 63.4. The minimum atomic E-state index is -0.782. The molecule has 0 amide bonds. The van der Waals surface area contributed by atoms with Crippen molar-refractivity contribution < 1.29 is 28.6 Å². The topological polar surface area (TPSA) is 78.9 Å². The lowest BCUT2D eigenvalue weighted by atomic mass is 10.1. The lowest BCUT2D eigenvalue weighted by Crippen LogP contribution is -2.30. The smallest absolute Gasteiger partial charge is 0.306 e. The quantitative estimate of drug-likeness (QED) is 0.0262. The van der Waals surface area contributed by atoms with E-state index in [1.165, 1.54) is 173 Å². The fourth-order valence-corrected chi connectivity index (χ4v) is 8.24. The fourth-order valence-electron chi connectivity index (χ4n) is 8.24. The zero-order valence-corrected chi connectivity index (χ0v) is 44.0. The molecule has 1 atom stereocenters. The van der Waals surface area contributed by atoms with Crippen molar-refractivity contribution in [1.82, 2.24) is 0 Å². The second-order valence-corrected chi connectivity index (χ2v) is 19.2.